The second kappa shape index (κ2) is 9.64. The number of halogens is 2. The lowest BCUT2D eigenvalue weighted by Gasteiger charge is -2.12. The van der Waals surface area contributed by atoms with Gasteiger partial charge in [-0.2, -0.15) is 0 Å². The summed E-state index contributed by atoms with van der Waals surface area (Å²) in [4.78, 5) is 14.4. The quantitative estimate of drug-likeness (QED) is 0.667. The van der Waals surface area contributed by atoms with Crippen LogP contribution in [-0.2, 0) is 13.1 Å². The van der Waals surface area contributed by atoms with Crippen LogP contribution in [0.3, 0.4) is 0 Å². The minimum absolute atomic E-state index is 0. The summed E-state index contributed by atoms with van der Waals surface area (Å²) >= 11 is 0. The smallest absolute Gasteiger partial charge is 0.258 e. The number of aromatic nitrogens is 1. The van der Waals surface area contributed by atoms with Crippen molar-refractivity contribution in [3.8, 4) is 0 Å². The highest BCUT2D eigenvalue weighted by molar-refractivity contribution is 6.05. The van der Waals surface area contributed by atoms with Gasteiger partial charge in [-0.1, -0.05) is 6.07 Å². The molecule has 0 radical (unpaired) electrons. The van der Waals surface area contributed by atoms with Crippen molar-refractivity contribution in [3.63, 3.8) is 0 Å². The Kier molecular flexibility index (Phi) is 8.17. The predicted molar refractivity (Wildman–Crippen MR) is 110 cm³/mol. The number of furan rings is 1. The van der Waals surface area contributed by atoms with E-state index in [1.807, 2.05) is 18.2 Å². The molecule has 0 aliphatic carbocycles. The highest BCUT2D eigenvalue weighted by Gasteiger charge is 2.11. The van der Waals surface area contributed by atoms with Crippen molar-refractivity contribution in [2.24, 2.45) is 5.73 Å². The number of amides is 1. The van der Waals surface area contributed by atoms with E-state index in [2.05, 4.69) is 41.1 Å². The van der Waals surface area contributed by atoms with Crippen LogP contribution in [0.1, 0.15) is 16.1 Å². The lowest BCUT2D eigenvalue weighted by Crippen LogP contribution is -2.18. The van der Waals surface area contributed by atoms with Crippen molar-refractivity contribution in [2.75, 3.05) is 26.0 Å². The number of likely N-dealkylation sites (N-methyl/N-ethyl adjacent to an activating group) is 1. The Bertz CT molecular complexity index is 858. The van der Waals surface area contributed by atoms with E-state index in [1.165, 1.54) is 6.26 Å². The second-order valence-electron chi connectivity index (χ2n) is 6.05. The number of hydrogen-bond donors (Lipinski definition) is 2. The van der Waals surface area contributed by atoms with E-state index in [0.717, 1.165) is 29.7 Å². The Morgan fingerprint density at radius 3 is 2.65 bits per heavy atom. The largest absolute Gasteiger partial charge is 0.467 e. The van der Waals surface area contributed by atoms with E-state index in [9.17, 15) is 4.79 Å². The molecule has 0 saturated heterocycles. The summed E-state index contributed by atoms with van der Waals surface area (Å²) in [6.45, 7) is 2.13. The highest BCUT2D eigenvalue weighted by atomic mass is 35.5. The Morgan fingerprint density at radius 2 is 2.00 bits per heavy atom. The summed E-state index contributed by atoms with van der Waals surface area (Å²) < 4.78 is 7.40. The predicted octanol–water partition coefficient (Wildman–Crippen LogP) is 3.35. The maximum absolute atomic E-state index is 12.3. The maximum Gasteiger partial charge on any atom is 0.258 e. The fourth-order valence-electron chi connectivity index (χ4n) is 2.57. The Hall–Kier alpha value is -1.99. The molecule has 2 heterocycles. The number of hydrogen-bond acceptors (Lipinski definition) is 4. The number of anilines is 1. The van der Waals surface area contributed by atoms with Crippen LogP contribution < -0.4 is 11.1 Å². The number of nitrogens with one attached hydrogen (secondary N) is 1. The molecule has 26 heavy (non-hydrogen) atoms. The monoisotopic (exact) mass is 398 g/mol. The first kappa shape index (κ1) is 22.1. The van der Waals surface area contributed by atoms with Gasteiger partial charge in [0, 0.05) is 25.0 Å². The molecule has 6 nitrogen and oxygen atoms in total. The lowest BCUT2D eigenvalue weighted by molar-refractivity contribution is 0.102. The van der Waals surface area contributed by atoms with Crippen molar-refractivity contribution in [2.45, 2.75) is 13.1 Å². The Labute approximate surface area is 165 Å². The van der Waals surface area contributed by atoms with E-state index >= 15 is 0 Å². The van der Waals surface area contributed by atoms with Gasteiger partial charge in [-0.25, -0.2) is 0 Å². The van der Waals surface area contributed by atoms with Crippen LogP contribution in [0.15, 0.2) is 47.2 Å². The normalized spacial score (nSPS) is 10.5. The summed E-state index contributed by atoms with van der Waals surface area (Å²) in [5, 5.41) is 4.06. The first-order chi connectivity index (χ1) is 11.6. The van der Waals surface area contributed by atoms with Gasteiger partial charge >= 0.3 is 0 Å². The van der Waals surface area contributed by atoms with Crippen LogP contribution in [0.25, 0.3) is 10.9 Å². The molecular formula is C18H24Cl2N4O2. The van der Waals surface area contributed by atoms with Crippen LogP contribution in [0.4, 0.5) is 5.69 Å². The molecule has 1 amide bonds. The molecule has 1 aromatic carbocycles. The Morgan fingerprint density at radius 1 is 1.23 bits per heavy atom. The molecule has 0 atom stereocenters. The van der Waals surface area contributed by atoms with Gasteiger partial charge in [0.2, 0.25) is 0 Å². The van der Waals surface area contributed by atoms with Gasteiger partial charge in [0.15, 0.2) is 0 Å². The molecule has 2 aromatic heterocycles. The SMILES string of the molecule is CN(C)CCn1ccc2ccc(NC(=O)c3coc(CN)c3)cc21.Cl.Cl. The van der Waals surface area contributed by atoms with Gasteiger partial charge < -0.3 is 24.9 Å². The molecular weight excluding hydrogens is 375 g/mol. The van der Waals surface area contributed by atoms with Gasteiger partial charge in [0.25, 0.3) is 5.91 Å². The number of nitrogens with zero attached hydrogens (tertiary/aromatic N) is 2. The molecule has 0 spiro atoms. The molecule has 3 aromatic rings. The topological polar surface area (TPSA) is 76.4 Å². The third-order valence-corrected chi connectivity index (χ3v) is 3.94. The van der Waals surface area contributed by atoms with Crippen molar-refractivity contribution in [3.05, 3.63) is 54.1 Å². The molecule has 0 bridgehead atoms. The highest BCUT2D eigenvalue weighted by Crippen LogP contribution is 2.21. The molecule has 3 rings (SSSR count). The third kappa shape index (κ3) is 5.02. The molecule has 0 saturated carbocycles. The summed E-state index contributed by atoms with van der Waals surface area (Å²) in [6, 6.07) is 9.65. The summed E-state index contributed by atoms with van der Waals surface area (Å²) in [5.41, 5.74) is 7.83. The van der Waals surface area contributed by atoms with Crippen LogP contribution in [0, 0.1) is 0 Å². The van der Waals surface area contributed by atoms with E-state index in [4.69, 9.17) is 10.2 Å². The van der Waals surface area contributed by atoms with Crippen molar-refractivity contribution in [1.82, 2.24) is 9.47 Å². The number of carbonyl (C=O) groups excluding carboxylic acids is 1. The van der Waals surface area contributed by atoms with Gasteiger partial charge in [-0.05, 0) is 43.7 Å². The molecule has 0 aliphatic rings. The zero-order chi connectivity index (χ0) is 17.1. The standard InChI is InChI=1S/C18H22N4O2.2ClH/c1-21(2)7-8-22-6-5-13-3-4-15(10-17(13)22)20-18(23)14-9-16(11-19)24-12-14;;/h3-6,9-10,12H,7-8,11,19H2,1-2H3,(H,20,23);2*1H. The van der Waals surface area contributed by atoms with Gasteiger partial charge in [-0.3, -0.25) is 4.79 Å². The fraction of sp³-hybridized carbons (Fsp3) is 0.278. The molecule has 0 fully saturated rings. The summed E-state index contributed by atoms with van der Waals surface area (Å²) in [5.74, 6) is 0.386. The zero-order valence-electron chi connectivity index (χ0n) is 14.8. The first-order valence-electron chi connectivity index (χ1n) is 7.89. The van der Waals surface area contributed by atoms with Crippen molar-refractivity contribution >= 4 is 47.3 Å². The molecule has 3 N–H and O–H groups in total. The number of benzene rings is 1. The van der Waals surface area contributed by atoms with E-state index in [0.29, 0.717) is 11.3 Å². The lowest BCUT2D eigenvalue weighted by atomic mass is 10.2. The molecule has 8 heteroatoms. The summed E-state index contributed by atoms with van der Waals surface area (Å²) in [6.07, 6.45) is 3.50. The van der Waals surface area contributed by atoms with Crippen molar-refractivity contribution < 1.29 is 9.21 Å². The number of fused-ring (bicyclic) bond motifs is 1. The molecule has 0 aliphatic heterocycles. The second-order valence-corrected chi connectivity index (χ2v) is 6.05. The number of carbonyl (C=O) groups is 1. The Balaban J connectivity index is 0.00000169. The first-order valence-corrected chi connectivity index (χ1v) is 7.89. The fourth-order valence-corrected chi connectivity index (χ4v) is 2.57. The van der Waals surface area contributed by atoms with Gasteiger partial charge in [0.1, 0.15) is 12.0 Å². The minimum atomic E-state index is -0.204. The zero-order valence-corrected chi connectivity index (χ0v) is 16.4. The van der Waals surface area contributed by atoms with E-state index in [1.54, 1.807) is 6.07 Å². The van der Waals surface area contributed by atoms with Crippen molar-refractivity contribution in [1.29, 1.82) is 0 Å². The maximum atomic E-state index is 12.3. The van der Waals surface area contributed by atoms with E-state index < -0.39 is 0 Å². The summed E-state index contributed by atoms with van der Waals surface area (Å²) in [7, 11) is 4.11. The third-order valence-electron chi connectivity index (χ3n) is 3.94. The van der Waals surface area contributed by atoms with Crippen LogP contribution in [0.5, 0.6) is 0 Å². The van der Waals surface area contributed by atoms with Gasteiger partial charge in [0.05, 0.1) is 17.6 Å². The van der Waals surface area contributed by atoms with Crippen LogP contribution >= 0.6 is 24.8 Å². The average molecular weight is 399 g/mol. The molecule has 142 valence electrons. The number of rotatable bonds is 6. The minimum Gasteiger partial charge on any atom is -0.467 e. The van der Waals surface area contributed by atoms with Crippen LogP contribution in [0.2, 0.25) is 0 Å². The van der Waals surface area contributed by atoms with Crippen LogP contribution in [-0.4, -0.2) is 36.0 Å². The molecule has 0 unspecified atom stereocenters. The average Bonchev–Trinajstić information content (AvgIpc) is 3.19. The number of nitrogens with two attached hydrogens (primary N) is 1. The van der Waals surface area contributed by atoms with E-state index in [-0.39, 0.29) is 37.3 Å². The van der Waals surface area contributed by atoms with Gasteiger partial charge in [-0.15, -0.1) is 24.8 Å².